The van der Waals surface area contributed by atoms with Crippen LogP contribution in [0.3, 0.4) is 0 Å². The van der Waals surface area contributed by atoms with Gasteiger partial charge in [0.25, 0.3) is 0 Å². The molecule has 1 aromatic heterocycles. The SMILES string of the molecule is CCNC(CC(C)CC)c1cnn(C)c1. The van der Waals surface area contributed by atoms with Crippen LogP contribution in [0.2, 0.25) is 0 Å². The van der Waals surface area contributed by atoms with Crippen molar-refractivity contribution in [1.29, 1.82) is 0 Å². The Morgan fingerprint density at radius 2 is 2.20 bits per heavy atom. The Hall–Kier alpha value is -0.830. The van der Waals surface area contributed by atoms with E-state index in [1.165, 1.54) is 18.4 Å². The minimum Gasteiger partial charge on any atom is -0.310 e. The van der Waals surface area contributed by atoms with Crippen LogP contribution >= 0.6 is 0 Å². The lowest BCUT2D eigenvalue weighted by Crippen LogP contribution is -2.22. The van der Waals surface area contributed by atoms with Gasteiger partial charge in [0.1, 0.15) is 0 Å². The molecule has 0 fully saturated rings. The zero-order valence-corrected chi connectivity index (χ0v) is 10.3. The smallest absolute Gasteiger partial charge is 0.0537 e. The molecule has 0 bridgehead atoms. The maximum absolute atomic E-state index is 4.23. The van der Waals surface area contributed by atoms with Crippen LogP contribution in [0.15, 0.2) is 12.4 Å². The van der Waals surface area contributed by atoms with Crippen LogP contribution < -0.4 is 5.32 Å². The predicted octanol–water partition coefficient (Wildman–Crippen LogP) is 2.51. The van der Waals surface area contributed by atoms with E-state index in [0.717, 1.165) is 12.5 Å². The molecule has 3 heteroatoms. The van der Waals surface area contributed by atoms with Gasteiger partial charge in [-0.2, -0.15) is 5.10 Å². The van der Waals surface area contributed by atoms with Crippen LogP contribution in [0, 0.1) is 5.92 Å². The maximum Gasteiger partial charge on any atom is 0.0537 e. The lowest BCUT2D eigenvalue weighted by atomic mass is 9.96. The number of aryl methyl sites for hydroxylation is 1. The van der Waals surface area contributed by atoms with Gasteiger partial charge in [-0.05, 0) is 18.9 Å². The Morgan fingerprint density at radius 3 is 2.67 bits per heavy atom. The van der Waals surface area contributed by atoms with Crippen LogP contribution in [0.5, 0.6) is 0 Å². The van der Waals surface area contributed by atoms with Gasteiger partial charge in [-0.1, -0.05) is 27.2 Å². The van der Waals surface area contributed by atoms with Gasteiger partial charge in [-0.25, -0.2) is 0 Å². The molecular weight excluding hydrogens is 186 g/mol. The lowest BCUT2D eigenvalue weighted by molar-refractivity contribution is 0.408. The third-order valence-corrected chi connectivity index (χ3v) is 2.91. The van der Waals surface area contributed by atoms with Crippen molar-refractivity contribution < 1.29 is 0 Å². The van der Waals surface area contributed by atoms with E-state index in [9.17, 15) is 0 Å². The maximum atomic E-state index is 4.23. The Balaban J connectivity index is 2.65. The fourth-order valence-corrected chi connectivity index (χ4v) is 1.77. The topological polar surface area (TPSA) is 29.9 Å². The molecule has 1 heterocycles. The fourth-order valence-electron chi connectivity index (χ4n) is 1.77. The molecule has 0 spiro atoms. The van der Waals surface area contributed by atoms with Gasteiger partial charge in [0.05, 0.1) is 6.20 Å². The van der Waals surface area contributed by atoms with E-state index in [1.54, 1.807) is 0 Å². The van der Waals surface area contributed by atoms with E-state index in [0.29, 0.717) is 6.04 Å². The fraction of sp³-hybridized carbons (Fsp3) is 0.750. The minimum atomic E-state index is 0.457. The highest BCUT2D eigenvalue weighted by molar-refractivity contribution is 5.10. The number of aromatic nitrogens is 2. The Kier molecular flexibility index (Phi) is 4.82. The van der Waals surface area contributed by atoms with Crippen molar-refractivity contribution in [3.8, 4) is 0 Å². The minimum absolute atomic E-state index is 0.457. The molecule has 0 amide bonds. The highest BCUT2D eigenvalue weighted by atomic mass is 15.2. The zero-order valence-electron chi connectivity index (χ0n) is 10.3. The van der Waals surface area contributed by atoms with Crippen LogP contribution in [0.4, 0.5) is 0 Å². The molecule has 0 radical (unpaired) electrons. The second-order valence-corrected chi connectivity index (χ2v) is 4.31. The highest BCUT2D eigenvalue weighted by Crippen LogP contribution is 2.22. The van der Waals surface area contributed by atoms with Crippen molar-refractivity contribution in [1.82, 2.24) is 15.1 Å². The third kappa shape index (κ3) is 3.67. The molecule has 86 valence electrons. The summed E-state index contributed by atoms with van der Waals surface area (Å²) >= 11 is 0. The first-order chi connectivity index (χ1) is 7.17. The summed E-state index contributed by atoms with van der Waals surface area (Å²) in [5.41, 5.74) is 1.31. The van der Waals surface area contributed by atoms with Gasteiger partial charge in [0.15, 0.2) is 0 Å². The van der Waals surface area contributed by atoms with Crippen molar-refractivity contribution in [3.05, 3.63) is 18.0 Å². The predicted molar refractivity (Wildman–Crippen MR) is 63.7 cm³/mol. The van der Waals surface area contributed by atoms with Crippen LogP contribution in [-0.2, 0) is 7.05 Å². The quantitative estimate of drug-likeness (QED) is 0.780. The van der Waals surface area contributed by atoms with Crippen molar-refractivity contribution >= 4 is 0 Å². The van der Waals surface area contributed by atoms with E-state index in [4.69, 9.17) is 0 Å². The molecule has 1 aromatic rings. The monoisotopic (exact) mass is 209 g/mol. The molecule has 0 aliphatic heterocycles. The summed E-state index contributed by atoms with van der Waals surface area (Å²) in [7, 11) is 1.97. The molecule has 0 saturated carbocycles. The van der Waals surface area contributed by atoms with Gasteiger partial charge >= 0.3 is 0 Å². The Morgan fingerprint density at radius 1 is 1.47 bits per heavy atom. The molecule has 0 saturated heterocycles. The number of rotatable bonds is 6. The van der Waals surface area contributed by atoms with Gasteiger partial charge in [-0.3, -0.25) is 4.68 Å². The summed E-state index contributed by atoms with van der Waals surface area (Å²) in [4.78, 5) is 0. The van der Waals surface area contributed by atoms with E-state index >= 15 is 0 Å². The average Bonchev–Trinajstić information content (AvgIpc) is 2.64. The molecule has 1 rings (SSSR count). The van der Waals surface area contributed by atoms with Crippen molar-refractivity contribution in [2.45, 2.75) is 39.7 Å². The summed E-state index contributed by atoms with van der Waals surface area (Å²) in [5, 5.41) is 7.75. The molecule has 2 atom stereocenters. The Bertz CT molecular complexity index is 280. The third-order valence-electron chi connectivity index (χ3n) is 2.91. The molecule has 1 N–H and O–H groups in total. The van der Waals surface area contributed by atoms with Crippen LogP contribution in [-0.4, -0.2) is 16.3 Å². The molecule has 3 nitrogen and oxygen atoms in total. The molecule has 0 aliphatic rings. The summed E-state index contributed by atoms with van der Waals surface area (Å²) < 4.78 is 1.87. The first kappa shape index (κ1) is 12.2. The van der Waals surface area contributed by atoms with Crippen molar-refractivity contribution in [3.63, 3.8) is 0 Å². The molecule has 0 aromatic carbocycles. The number of hydrogen-bond acceptors (Lipinski definition) is 2. The van der Waals surface area contributed by atoms with Gasteiger partial charge in [0.2, 0.25) is 0 Å². The zero-order chi connectivity index (χ0) is 11.3. The van der Waals surface area contributed by atoms with Gasteiger partial charge in [0, 0.05) is 24.8 Å². The second kappa shape index (κ2) is 5.91. The lowest BCUT2D eigenvalue weighted by Gasteiger charge is -2.19. The van der Waals surface area contributed by atoms with Crippen LogP contribution in [0.1, 0.15) is 45.2 Å². The summed E-state index contributed by atoms with van der Waals surface area (Å²) in [6, 6.07) is 0.457. The number of nitrogens with zero attached hydrogens (tertiary/aromatic N) is 2. The first-order valence-corrected chi connectivity index (χ1v) is 5.89. The van der Waals surface area contributed by atoms with E-state index < -0.39 is 0 Å². The highest BCUT2D eigenvalue weighted by Gasteiger charge is 2.14. The molecule has 15 heavy (non-hydrogen) atoms. The molecule has 0 aliphatic carbocycles. The summed E-state index contributed by atoms with van der Waals surface area (Å²) in [5.74, 6) is 0.759. The summed E-state index contributed by atoms with van der Waals surface area (Å²) in [6.45, 7) is 7.72. The van der Waals surface area contributed by atoms with Crippen LogP contribution in [0.25, 0.3) is 0 Å². The summed E-state index contributed by atoms with van der Waals surface area (Å²) in [6.07, 6.45) is 6.50. The Labute approximate surface area is 92.9 Å². The molecule has 2 unspecified atom stereocenters. The van der Waals surface area contributed by atoms with E-state index in [2.05, 4.69) is 37.4 Å². The van der Waals surface area contributed by atoms with Crippen molar-refractivity contribution in [2.75, 3.05) is 6.54 Å². The van der Waals surface area contributed by atoms with Crippen molar-refractivity contribution in [2.24, 2.45) is 13.0 Å². The van der Waals surface area contributed by atoms with Gasteiger partial charge in [-0.15, -0.1) is 0 Å². The second-order valence-electron chi connectivity index (χ2n) is 4.31. The van der Waals surface area contributed by atoms with Gasteiger partial charge < -0.3 is 5.32 Å². The average molecular weight is 209 g/mol. The van der Waals surface area contributed by atoms with E-state index in [-0.39, 0.29) is 0 Å². The number of hydrogen-bond donors (Lipinski definition) is 1. The first-order valence-electron chi connectivity index (χ1n) is 5.89. The largest absolute Gasteiger partial charge is 0.310 e. The number of nitrogens with one attached hydrogen (secondary N) is 1. The van der Waals surface area contributed by atoms with E-state index in [1.807, 2.05) is 17.9 Å². The molecular formula is C12H23N3. The standard InChI is InChI=1S/C12H23N3/c1-5-10(3)7-12(13-6-2)11-8-14-15(4)9-11/h8-10,12-13H,5-7H2,1-4H3. The normalized spacial score (nSPS) is 15.2.